The van der Waals surface area contributed by atoms with Crippen LogP contribution >= 0.6 is 0 Å². The first-order chi connectivity index (χ1) is 4.34. The number of nitrogens with two attached hydrogens (primary N) is 1. The van der Waals surface area contributed by atoms with Crippen LogP contribution in [0.25, 0.3) is 0 Å². The molecule has 0 unspecified atom stereocenters. The molecule has 9 heavy (non-hydrogen) atoms. The average molecular weight is 125 g/mol. The van der Waals surface area contributed by atoms with Crippen LogP contribution in [0.2, 0.25) is 0 Å². The van der Waals surface area contributed by atoms with Gasteiger partial charge < -0.3 is 11.0 Å². The molecule has 4 heteroatoms. The monoisotopic (exact) mass is 125 g/mol. The van der Waals surface area contributed by atoms with Crippen LogP contribution in [0.1, 0.15) is 0 Å². The van der Waals surface area contributed by atoms with Gasteiger partial charge in [-0.25, -0.2) is 0 Å². The van der Waals surface area contributed by atoms with Gasteiger partial charge in [-0.15, -0.1) is 0 Å². The molecule has 4 nitrogen and oxygen atoms in total. The Hall–Kier alpha value is -1.45. The minimum atomic E-state index is 0.331. The molecule has 0 aromatic carbocycles. The minimum absolute atomic E-state index is 0.331. The summed E-state index contributed by atoms with van der Waals surface area (Å²) in [5.41, 5.74) is 0.331. The van der Waals surface area contributed by atoms with Crippen molar-refractivity contribution in [1.29, 1.82) is 0 Å². The fourth-order valence-corrected chi connectivity index (χ4v) is 0.528. The molecule has 0 saturated heterocycles. The fourth-order valence-electron chi connectivity index (χ4n) is 0.528. The second-order valence-electron chi connectivity index (χ2n) is 1.53. The zero-order valence-corrected chi connectivity index (χ0v) is 4.73. The van der Waals surface area contributed by atoms with Crippen molar-refractivity contribution >= 4 is 0 Å². The van der Waals surface area contributed by atoms with Gasteiger partial charge >= 0.3 is 0 Å². The Kier molecular flexibility index (Phi) is 1.40. The van der Waals surface area contributed by atoms with E-state index >= 15 is 0 Å². The first kappa shape index (κ1) is 5.68. The molecule has 0 saturated carbocycles. The number of rotatable bonds is 0. The van der Waals surface area contributed by atoms with Crippen LogP contribution < -0.4 is 11.3 Å². The first-order valence-electron chi connectivity index (χ1n) is 2.45. The molecule has 1 rings (SSSR count). The zero-order chi connectivity index (χ0) is 6.69. The second kappa shape index (κ2) is 2.21. The highest BCUT2D eigenvalue weighted by Crippen LogP contribution is 1.73. The SMILES string of the molecule is N/N=c1\ccccn1O. The Morgan fingerprint density at radius 1 is 1.56 bits per heavy atom. The topological polar surface area (TPSA) is 63.5 Å². The van der Waals surface area contributed by atoms with Crippen LogP contribution in [-0.2, 0) is 0 Å². The minimum Gasteiger partial charge on any atom is -0.427 e. The van der Waals surface area contributed by atoms with Gasteiger partial charge in [0.1, 0.15) is 0 Å². The number of aromatic nitrogens is 1. The van der Waals surface area contributed by atoms with E-state index in [0.29, 0.717) is 5.49 Å². The van der Waals surface area contributed by atoms with E-state index in [0.717, 1.165) is 4.73 Å². The van der Waals surface area contributed by atoms with Crippen molar-refractivity contribution in [3.63, 3.8) is 0 Å². The van der Waals surface area contributed by atoms with Gasteiger partial charge in [0, 0.05) is 6.20 Å². The number of nitrogens with zero attached hydrogens (tertiary/aromatic N) is 2. The average Bonchev–Trinajstić information content (AvgIpc) is 1.89. The molecule has 1 aromatic heterocycles. The van der Waals surface area contributed by atoms with Gasteiger partial charge in [-0.3, -0.25) is 0 Å². The third kappa shape index (κ3) is 1.02. The van der Waals surface area contributed by atoms with Gasteiger partial charge in [-0.05, 0) is 12.1 Å². The Labute approximate surface area is 51.8 Å². The molecule has 0 fully saturated rings. The van der Waals surface area contributed by atoms with Gasteiger partial charge in [-0.2, -0.15) is 9.83 Å². The maximum Gasteiger partial charge on any atom is 0.186 e. The van der Waals surface area contributed by atoms with Crippen molar-refractivity contribution in [2.24, 2.45) is 10.9 Å². The van der Waals surface area contributed by atoms with E-state index in [-0.39, 0.29) is 0 Å². The van der Waals surface area contributed by atoms with Gasteiger partial charge in [0.2, 0.25) is 0 Å². The van der Waals surface area contributed by atoms with E-state index in [1.807, 2.05) is 0 Å². The van der Waals surface area contributed by atoms with Gasteiger partial charge in [0.05, 0.1) is 0 Å². The van der Waals surface area contributed by atoms with Crippen LogP contribution in [-0.4, -0.2) is 9.94 Å². The molecule has 0 radical (unpaired) electrons. The van der Waals surface area contributed by atoms with E-state index < -0.39 is 0 Å². The largest absolute Gasteiger partial charge is 0.427 e. The van der Waals surface area contributed by atoms with Gasteiger partial charge in [0.15, 0.2) is 5.49 Å². The van der Waals surface area contributed by atoms with E-state index in [1.54, 1.807) is 18.2 Å². The summed E-state index contributed by atoms with van der Waals surface area (Å²) in [5.74, 6) is 4.89. The smallest absolute Gasteiger partial charge is 0.186 e. The molecule has 3 N–H and O–H groups in total. The molecule has 0 spiro atoms. The maximum atomic E-state index is 8.85. The lowest BCUT2D eigenvalue weighted by Crippen LogP contribution is -2.18. The lowest BCUT2D eigenvalue weighted by atomic mass is 10.5. The molecular formula is C5H7N3O. The Morgan fingerprint density at radius 2 is 2.33 bits per heavy atom. The highest BCUT2D eigenvalue weighted by molar-refractivity contribution is 4.90. The van der Waals surface area contributed by atoms with Crippen molar-refractivity contribution in [2.75, 3.05) is 0 Å². The second-order valence-corrected chi connectivity index (χ2v) is 1.53. The van der Waals surface area contributed by atoms with Crippen LogP contribution in [0.15, 0.2) is 29.5 Å². The highest BCUT2D eigenvalue weighted by Gasteiger charge is 1.81. The summed E-state index contributed by atoms with van der Waals surface area (Å²) in [6.07, 6.45) is 1.45. The van der Waals surface area contributed by atoms with Gasteiger partial charge in [0.25, 0.3) is 0 Å². The molecular weight excluding hydrogens is 118 g/mol. The van der Waals surface area contributed by atoms with E-state index in [1.165, 1.54) is 6.20 Å². The predicted octanol–water partition coefficient (Wildman–Crippen LogP) is -0.500. The standard InChI is InChI=1S/C5H7N3O/c6-7-5-3-1-2-4-8(5)9/h1-4,9H,6H2/b7-5+. The molecule has 0 atom stereocenters. The summed E-state index contributed by atoms with van der Waals surface area (Å²) >= 11 is 0. The first-order valence-corrected chi connectivity index (χ1v) is 2.45. The van der Waals surface area contributed by atoms with Crippen molar-refractivity contribution in [3.05, 3.63) is 29.9 Å². The van der Waals surface area contributed by atoms with Gasteiger partial charge in [-0.1, -0.05) is 6.07 Å². The molecule has 0 aliphatic rings. The Balaban J connectivity index is 3.33. The lowest BCUT2D eigenvalue weighted by Gasteiger charge is -1.92. The van der Waals surface area contributed by atoms with Crippen LogP contribution in [0.5, 0.6) is 0 Å². The molecule has 0 aliphatic heterocycles. The van der Waals surface area contributed by atoms with E-state index in [9.17, 15) is 0 Å². The summed E-state index contributed by atoms with van der Waals surface area (Å²) in [6.45, 7) is 0. The van der Waals surface area contributed by atoms with Crippen LogP contribution in [0.3, 0.4) is 0 Å². The number of pyridine rings is 1. The maximum absolute atomic E-state index is 8.85. The third-order valence-corrected chi connectivity index (χ3v) is 0.951. The van der Waals surface area contributed by atoms with Crippen molar-refractivity contribution in [1.82, 2.24) is 4.73 Å². The molecule has 0 amide bonds. The normalized spacial score (nSPS) is 11.8. The summed E-state index contributed by atoms with van der Waals surface area (Å²) in [6, 6.07) is 5.01. The van der Waals surface area contributed by atoms with Crippen LogP contribution in [0, 0.1) is 0 Å². The van der Waals surface area contributed by atoms with Crippen molar-refractivity contribution in [2.45, 2.75) is 0 Å². The molecule has 0 aliphatic carbocycles. The Bertz CT molecular complexity index is 252. The summed E-state index contributed by atoms with van der Waals surface area (Å²) in [7, 11) is 0. The molecule has 1 heterocycles. The zero-order valence-electron chi connectivity index (χ0n) is 4.73. The predicted molar refractivity (Wildman–Crippen MR) is 31.4 cm³/mol. The Morgan fingerprint density at radius 3 is 2.78 bits per heavy atom. The highest BCUT2D eigenvalue weighted by atomic mass is 16.5. The number of hydrogen-bond acceptors (Lipinski definition) is 3. The quantitative estimate of drug-likeness (QED) is 0.279. The molecule has 48 valence electrons. The van der Waals surface area contributed by atoms with E-state index in [4.69, 9.17) is 11.0 Å². The summed E-state index contributed by atoms with van der Waals surface area (Å²) < 4.78 is 0.847. The third-order valence-electron chi connectivity index (χ3n) is 0.951. The number of hydrogen-bond donors (Lipinski definition) is 2. The summed E-state index contributed by atoms with van der Waals surface area (Å²) in [5, 5.41) is 12.1. The van der Waals surface area contributed by atoms with Crippen molar-refractivity contribution < 1.29 is 5.21 Å². The molecule has 0 bridgehead atoms. The van der Waals surface area contributed by atoms with E-state index in [2.05, 4.69) is 5.10 Å². The molecule has 1 aromatic rings. The summed E-state index contributed by atoms with van der Waals surface area (Å²) in [4.78, 5) is 0. The fraction of sp³-hybridized carbons (Fsp3) is 0. The van der Waals surface area contributed by atoms with Crippen LogP contribution in [0.4, 0.5) is 0 Å². The lowest BCUT2D eigenvalue weighted by molar-refractivity contribution is 0.171. The van der Waals surface area contributed by atoms with Crippen molar-refractivity contribution in [3.8, 4) is 0 Å².